The lowest BCUT2D eigenvalue weighted by Gasteiger charge is -2.21. The highest BCUT2D eigenvalue weighted by atomic mass is 16.5. The third-order valence-corrected chi connectivity index (χ3v) is 2.12. The molecule has 1 aromatic rings. The van der Waals surface area contributed by atoms with Gasteiger partial charge in [0.2, 0.25) is 5.95 Å². The number of methoxy groups -OCH3 is 2. The van der Waals surface area contributed by atoms with Crippen LogP contribution in [0, 0.1) is 0 Å². The van der Waals surface area contributed by atoms with Gasteiger partial charge in [0.25, 0.3) is 0 Å². The van der Waals surface area contributed by atoms with Crippen LogP contribution in [0.3, 0.4) is 0 Å². The number of anilines is 1. The molecule has 0 aliphatic carbocycles. The van der Waals surface area contributed by atoms with Crippen molar-refractivity contribution in [3.05, 3.63) is 0 Å². The number of nitrogens with two attached hydrogens (primary N) is 1. The number of hydrogen-bond donors (Lipinski definition) is 1. The van der Waals surface area contributed by atoms with Crippen LogP contribution in [-0.2, 0) is 0 Å². The normalized spacial score (nSPS) is 10.1. The molecule has 0 unspecified atom stereocenters. The Balaban J connectivity index is 2.99. The fourth-order valence-corrected chi connectivity index (χ4v) is 1.39. The summed E-state index contributed by atoms with van der Waals surface area (Å²) in [7, 11) is 3.01. The molecule has 0 saturated heterocycles. The van der Waals surface area contributed by atoms with E-state index in [1.54, 1.807) is 0 Å². The van der Waals surface area contributed by atoms with Crippen molar-refractivity contribution in [3.8, 4) is 12.0 Å². The number of rotatable bonds is 7. The van der Waals surface area contributed by atoms with Gasteiger partial charge in [-0.3, -0.25) is 0 Å². The second-order valence-corrected chi connectivity index (χ2v) is 3.38. The fourth-order valence-electron chi connectivity index (χ4n) is 1.39. The fraction of sp³-hybridized carbons (Fsp3) is 0.700. The first kappa shape index (κ1) is 13.4. The minimum absolute atomic E-state index is 0.241. The predicted octanol–water partition coefficient (Wildman–Crippen LogP) is 0.0639. The molecule has 0 aliphatic heterocycles. The molecule has 2 N–H and O–H groups in total. The molecule has 0 spiro atoms. The minimum atomic E-state index is 0.241. The zero-order valence-electron chi connectivity index (χ0n) is 10.5. The van der Waals surface area contributed by atoms with Gasteiger partial charge in [-0.2, -0.15) is 9.97 Å². The maximum atomic E-state index is 5.56. The second kappa shape index (κ2) is 6.85. The van der Waals surface area contributed by atoms with Crippen molar-refractivity contribution in [1.82, 2.24) is 15.0 Å². The van der Waals surface area contributed by atoms with E-state index in [2.05, 4.69) is 21.9 Å². The van der Waals surface area contributed by atoms with Crippen LogP contribution < -0.4 is 20.1 Å². The lowest BCUT2D eigenvalue weighted by atomic mass is 10.4. The summed E-state index contributed by atoms with van der Waals surface area (Å²) in [5.41, 5.74) is 5.56. The van der Waals surface area contributed by atoms with Gasteiger partial charge in [0.1, 0.15) is 0 Å². The smallest absolute Gasteiger partial charge is 0.324 e. The monoisotopic (exact) mass is 241 g/mol. The van der Waals surface area contributed by atoms with Crippen LogP contribution in [0.15, 0.2) is 0 Å². The Kier molecular flexibility index (Phi) is 5.41. The Hall–Kier alpha value is -1.63. The summed E-state index contributed by atoms with van der Waals surface area (Å²) in [4.78, 5) is 14.3. The highest BCUT2D eigenvalue weighted by Gasteiger charge is 2.13. The molecule has 1 rings (SSSR count). The van der Waals surface area contributed by atoms with E-state index < -0.39 is 0 Å². The Labute approximate surface area is 101 Å². The molecule has 7 nitrogen and oxygen atoms in total. The number of ether oxygens (including phenoxy) is 2. The standard InChI is InChI=1S/C10H19N5O2/c1-4-6-15(7-5-11)8-12-9(16-2)14-10(13-8)17-3/h4-7,11H2,1-3H3. The first-order valence-corrected chi connectivity index (χ1v) is 5.54. The van der Waals surface area contributed by atoms with Gasteiger partial charge in [-0.1, -0.05) is 6.92 Å². The molecule has 0 fully saturated rings. The van der Waals surface area contributed by atoms with Crippen molar-refractivity contribution in [1.29, 1.82) is 0 Å². The number of aromatic nitrogens is 3. The molecule has 96 valence electrons. The SMILES string of the molecule is CCCN(CCN)c1nc(OC)nc(OC)n1. The van der Waals surface area contributed by atoms with E-state index in [9.17, 15) is 0 Å². The maximum Gasteiger partial charge on any atom is 0.324 e. The van der Waals surface area contributed by atoms with E-state index >= 15 is 0 Å². The van der Waals surface area contributed by atoms with E-state index in [1.165, 1.54) is 14.2 Å². The van der Waals surface area contributed by atoms with Gasteiger partial charge in [0.15, 0.2) is 0 Å². The lowest BCUT2D eigenvalue weighted by molar-refractivity contribution is 0.340. The average molecular weight is 241 g/mol. The summed E-state index contributed by atoms with van der Waals surface area (Å²) in [6, 6.07) is 0.481. The molecule has 1 aromatic heterocycles. The van der Waals surface area contributed by atoms with Gasteiger partial charge >= 0.3 is 12.0 Å². The minimum Gasteiger partial charge on any atom is -0.467 e. The largest absolute Gasteiger partial charge is 0.467 e. The van der Waals surface area contributed by atoms with E-state index in [0.29, 0.717) is 19.0 Å². The van der Waals surface area contributed by atoms with Crippen LogP contribution in [0.4, 0.5) is 5.95 Å². The van der Waals surface area contributed by atoms with E-state index in [1.807, 2.05) is 4.90 Å². The molecule has 0 bridgehead atoms. The van der Waals surface area contributed by atoms with Crippen LogP contribution in [0.25, 0.3) is 0 Å². The summed E-state index contributed by atoms with van der Waals surface area (Å²) in [6.07, 6.45) is 0.982. The van der Waals surface area contributed by atoms with Crippen molar-refractivity contribution in [2.75, 3.05) is 38.8 Å². The van der Waals surface area contributed by atoms with Crippen molar-refractivity contribution in [2.24, 2.45) is 5.73 Å². The third-order valence-electron chi connectivity index (χ3n) is 2.12. The molecule has 0 radical (unpaired) electrons. The molecule has 1 heterocycles. The van der Waals surface area contributed by atoms with Gasteiger partial charge in [0.05, 0.1) is 14.2 Å². The second-order valence-electron chi connectivity index (χ2n) is 3.38. The molecule has 0 aromatic carbocycles. The Morgan fingerprint density at radius 3 is 2.06 bits per heavy atom. The lowest BCUT2D eigenvalue weighted by Crippen LogP contribution is -2.31. The van der Waals surface area contributed by atoms with Gasteiger partial charge in [0, 0.05) is 19.6 Å². The van der Waals surface area contributed by atoms with Crippen molar-refractivity contribution in [2.45, 2.75) is 13.3 Å². The highest BCUT2D eigenvalue weighted by molar-refractivity contribution is 5.32. The van der Waals surface area contributed by atoms with Gasteiger partial charge < -0.3 is 20.1 Å². The molecule has 17 heavy (non-hydrogen) atoms. The summed E-state index contributed by atoms with van der Waals surface area (Å²) < 4.78 is 10.0. The van der Waals surface area contributed by atoms with Crippen LogP contribution >= 0.6 is 0 Å². The third kappa shape index (κ3) is 3.70. The van der Waals surface area contributed by atoms with Gasteiger partial charge in [-0.05, 0) is 6.42 Å². The molecular weight excluding hydrogens is 222 g/mol. The Bertz CT molecular complexity index is 319. The number of hydrogen-bond acceptors (Lipinski definition) is 7. The van der Waals surface area contributed by atoms with Crippen LogP contribution in [0.1, 0.15) is 13.3 Å². The summed E-state index contributed by atoms with van der Waals surface area (Å²) >= 11 is 0. The van der Waals surface area contributed by atoms with Crippen LogP contribution in [0.2, 0.25) is 0 Å². The Morgan fingerprint density at radius 2 is 1.65 bits per heavy atom. The quantitative estimate of drug-likeness (QED) is 0.722. The summed E-state index contributed by atoms with van der Waals surface area (Å²) in [6.45, 7) is 4.13. The average Bonchev–Trinajstić information content (AvgIpc) is 2.37. The van der Waals surface area contributed by atoms with Crippen LogP contribution in [-0.4, -0.2) is 48.8 Å². The summed E-state index contributed by atoms with van der Waals surface area (Å²) in [5, 5.41) is 0. The van der Waals surface area contributed by atoms with Crippen molar-refractivity contribution in [3.63, 3.8) is 0 Å². The van der Waals surface area contributed by atoms with E-state index in [4.69, 9.17) is 15.2 Å². The van der Waals surface area contributed by atoms with Crippen LogP contribution in [0.5, 0.6) is 12.0 Å². The summed E-state index contributed by atoms with van der Waals surface area (Å²) in [5.74, 6) is 0.529. The van der Waals surface area contributed by atoms with E-state index in [0.717, 1.165) is 13.0 Å². The first-order valence-electron chi connectivity index (χ1n) is 5.54. The maximum absolute atomic E-state index is 5.56. The van der Waals surface area contributed by atoms with Gasteiger partial charge in [-0.25, -0.2) is 0 Å². The van der Waals surface area contributed by atoms with Gasteiger partial charge in [-0.15, -0.1) is 4.98 Å². The number of nitrogens with zero attached hydrogens (tertiary/aromatic N) is 4. The topological polar surface area (TPSA) is 86.4 Å². The molecule has 0 atom stereocenters. The van der Waals surface area contributed by atoms with Crippen molar-refractivity contribution >= 4 is 5.95 Å². The molecule has 7 heteroatoms. The van der Waals surface area contributed by atoms with Crippen molar-refractivity contribution < 1.29 is 9.47 Å². The predicted molar refractivity (Wildman–Crippen MR) is 64.5 cm³/mol. The van der Waals surface area contributed by atoms with E-state index in [-0.39, 0.29) is 12.0 Å². The molecule has 0 aliphatic rings. The Morgan fingerprint density at radius 1 is 1.06 bits per heavy atom. The first-order chi connectivity index (χ1) is 8.24. The zero-order chi connectivity index (χ0) is 12.7. The molecule has 0 saturated carbocycles. The highest BCUT2D eigenvalue weighted by Crippen LogP contribution is 2.15. The zero-order valence-corrected chi connectivity index (χ0v) is 10.5. The molecule has 0 amide bonds. The molecular formula is C10H19N5O2.